The minimum absolute atomic E-state index is 0. The minimum atomic E-state index is -0.0776. The molecule has 1 saturated heterocycles. The molecular formula is C12H15Cl3N2O. The molecule has 1 aromatic rings. The second-order valence-electron chi connectivity index (χ2n) is 4.19. The molecule has 1 atom stereocenters. The Bertz CT molecular complexity index is 433. The van der Waals surface area contributed by atoms with Crippen molar-refractivity contribution in [3.63, 3.8) is 0 Å². The third kappa shape index (κ3) is 3.29. The molecule has 0 aliphatic carbocycles. The monoisotopic (exact) mass is 308 g/mol. The van der Waals surface area contributed by atoms with Crippen LogP contribution in [0, 0.1) is 0 Å². The molecule has 1 aliphatic rings. The third-order valence-corrected chi connectivity index (χ3v) is 3.63. The van der Waals surface area contributed by atoms with E-state index in [0.29, 0.717) is 15.6 Å². The number of halogens is 3. The summed E-state index contributed by atoms with van der Waals surface area (Å²) in [6.45, 7) is 1.78. The van der Waals surface area contributed by atoms with Crippen molar-refractivity contribution in [1.82, 2.24) is 10.2 Å². The number of nitrogens with one attached hydrogen (secondary N) is 1. The van der Waals surface area contributed by atoms with E-state index >= 15 is 0 Å². The lowest BCUT2D eigenvalue weighted by Gasteiger charge is -2.24. The maximum absolute atomic E-state index is 12.3. The molecule has 1 unspecified atom stereocenters. The van der Waals surface area contributed by atoms with Crippen molar-refractivity contribution in [3.8, 4) is 0 Å². The summed E-state index contributed by atoms with van der Waals surface area (Å²) in [4.78, 5) is 14.0. The number of rotatable bonds is 2. The standard InChI is InChI=1S/C12H14Cl2N2O.ClH/c1-16(9-4-5-15-7-9)12(17)10-6-8(13)2-3-11(10)14;/h2-3,6,9,15H,4-5,7H2,1H3;1H. The lowest BCUT2D eigenvalue weighted by molar-refractivity contribution is 0.0744. The van der Waals surface area contributed by atoms with Crippen molar-refractivity contribution in [3.05, 3.63) is 33.8 Å². The van der Waals surface area contributed by atoms with Gasteiger partial charge < -0.3 is 10.2 Å². The predicted molar refractivity (Wildman–Crippen MR) is 77.1 cm³/mol. The molecule has 1 aliphatic heterocycles. The van der Waals surface area contributed by atoms with Crippen molar-refractivity contribution in [1.29, 1.82) is 0 Å². The summed E-state index contributed by atoms with van der Waals surface area (Å²) in [6.07, 6.45) is 0.973. The number of amides is 1. The van der Waals surface area contributed by atoms with Crippen LogP contribution in [0.1, 0.15) is 16.8 Å². The van der Waals surface area contributed by atoms with Gasteiger partial charge in [-0.25, -0.2) is 0 Å². The normalized spacial score (nSPS) is 18.3. The molecule has 1 fully saturated rings. The average Bonchev–Trinajstić information content (AvgIpc) is 2.84. The van der Waals surface area contributed by atoms with Gasteiger partial charge in [-0.2, -0.15) is 0 Å². The fourth-order valence-electron chi connectivity index (χ4n) is 1.99. The number of benzene rings is 1. The summed E-state index contributed by atoms with van der Waals surface area (Å²) >= 11 is 11.9. The second-order valence-corrected chi connectivity index (χ2v) is 5.03. The van der Waals surface area contributed by atoms with Crippen LogP contribution in [0.2, 0.25) is 10.0 Å². The summed E-state index contributed by atoms with van der Waals surface area (Å²) in [5.41, 5.74) is 0.466. The lowest BCUT2D eigenvalue weighted by Crippen LogP contribution is -2.38. The van der Waals surface area contributed by atoms with Crippen LogP contribution in [0.5, 0.6) is 0 Å². The zero-order valence-corrected chi connectivity index (χ0v) is 12.3. The second kappa shape index (κ2) is 6.62. The largest absolute Gasteiger partial charge is 0.337 e. The van der Waals surface area contributed by atoms with E-state index in [1.54, 1.807) is 30.1 Å². The van der Waals surface area contributed by atoms with Crippen molar-refractivity contribution in [2.75, 3.05) is 20.1 Å². The number of nitrogens with zero attached hydrogens (tertiary/aromatic N) is 1. The molecule has 1 aromatic carbocycles. The molecule has 1 amide bonds. The Labute approximate surface area is 123 Å². The van der Waals surface area contributed by atoms with E-state index in [9.17, 15) is 4.79 Å². The highest BCUT2D eigenvalue weighted by atomic mass is 35.5. The molecule has 0 bridgehead atoms. The molecule has 1 heterocycles. The van der Waals surface area contributed by atoms with Crippen LogP contribution < -0.4 is 5.32 Å². The highest BCUT2D eigenvalue weighted by Crippen LogP contribution is 2.23. The predicted octanol–water partition coefficient (Wildman–Crippen LogP) is 2.85. The van der Waals surface area contributed by atoms with E-state index in [1.165, 1.54) is 0 Å². The fraction of sp³-hybridized carbons (Fsp3) is 0.417. The Hall–Kier alpha value is -0.480. The van der Waals surface area contributed by atoms with Gasteiger partial charge in [-0.1, -0.05) is 23.2 Å². The Balaban J connectivity index is 0.00000162. The number of hydrogen-bond donors (Lipinski definition) is 1. The highest BCUT2D eigenvalue weighted by molar-refractivity contribution is 6.35. The van der Waals surface area contributed by atoms with E-state index in [-0.39, 0.29) is 24.4 Å². The van der Waals surface area contributed by atoms with Gasteiger partial charge in [0.1, 0.15) is 0 Å². The molecule has 6 heteroatoms. The number of hydrogen-bond acceptors (Lipinski definition) is 2. The minimum Gasteiger partial charge on any atom is -0.337 e. The van der Waals surface area contributed by atoms with Gasteiger partial charge in [0.15, 0.2) is 0 Å². The molecule has 1 N–H and O–H groups in total. The summed E-state index contributed by atoms with van der Waals surface area (Å²) in [5.74, 6) is -0.0776. The lowest BCUT2D eigenvalue weighted by atomic mass is 10.1. The van der Waals surface area contributed by atoms with Gasteiger partial charge in [-0.3, -0.25) is 4.79 Å². The van der Waals surface area contributed by atoms with Gasteiger partial charge >= 0.3 is 0 Å². The molecular weight excluding hydrogens is 295 g/mol. The maximum Gasteiger partial charge on any atom is 0.255 e. The topological polar surface area (TPSA) is 32.3 Å². The van der Waals surface area contributed by atoms with E-state index in [0.717, 1.165) is 19.5 Å². The van der Waals surface area contributed by atoms with Crippen LogP contribution >= 0.6 is 35.6 Å². The number of carbonyl (C=O) groups excluding carboxylic acids is 1. The Morgan fingerprint density at radius 3 is 2.78 bits per heavy atom. The summed E-state index contributed by atoms with van der Waals surface area (Å²) in [5, 5.41) is 4.20. The van der Waals surface area contributed by atoms with Gasteiger partial charge in [0.2, 0.25) is 0 Å². The summed E-state index contributed by atoms with van der Waals surface area (Å²) < 4.78 is 0. The molecule has 0 radical (unpaired) electrons. The zero-order chi connectivity index (χ0) is 12.4. The van der Waals surface area contributed by atoms with Crippen molar-refractivity contribution < 1.29 is 4.79 Å². The Morgan fingerprint density at radius 1 is 1.44 bits per heavy atom. The quantitative estimate of drug-likeness (QED) is 0.911. The van der Waals surface area contributed by atoms with Crippen LogP contribution in [-0.4, -0.2) is 37.0 Å². The van der Waals surface area contributed by atoms with Crippen molar-refractivity contribution >= 4 is 41.5 Å². The van der Waals surface area contributed by atoms with E-state index < -0.39 is 0 Å². The molecule has 0 spiro atoms. The summed E-state index contributed by atoms with van der Waals surface area (Å²) in [6, 6.07) is 5.18. The van der Waals surface area contributed by atoms with Crippen LogP contribution in [-0.2, 0) is 0 Å². The van der Waals surface area contributed by atoms with E-state index in [2.05, 4.69) is 5.32 Å². The van der Waals surface area contributed by atoms with E-state index in [1.807, 2.05) is 0 Å². The average molecular weight is 310 g/mol. The number of likely N-dealkylation sites (N-methyl/N-ethyl adjacent to an activating group) is 1. The third-order valence-electron chi connectivity index (χ3n) is 3.06. The van der Waals surface area contributed by atoms with Gasteiger partial charge in [-0.05, 0) is 31.2 Å². The molecule has 0 saturated carbocycles. The molecule has 3 nitrogen and oxygen atoms in total. The zero-order valence-electron chi connectivity index (χ0n) is 9.95. The first-order chi connectivity index (χ1) is 8.09. The van der Waals surface area contributed by atoms with Gasteiger partial charge in [0.25, 0.3) is 5.91 Å². The van der Waals surface area contributed by atoms with Gasteiger partial charge in [0, 0.05) is 24.7 Å². The summed E-state index contributed by atoms with van der Waals surface area (Å²) in [7, 11) is 1.80. The van der Waals surface area contributed by atoms with Crippen LogP contribution in [0.15, 0.2) is 18.2 Å². The first-order valence-electron chi connectivity index (χ1n) is 5.52. The molecule has 100 valence electrons. The van der Waals surface area contributed by atoms with Gasteiger partial charge in [-0.15, -0.1) is 12.4 Å². The Kier molecular flexibility index (Phi) is 5.73. The van der Waals surface area contributed by atoms with Crippen molar-refractivity contribution in [2.45, 2.75) is 12.5 Å². The Morgan fingerprint density at radius 2 is 2.17 bits per heavy atom. The van der Waals surface area contributed by atoms with Crippen molar-refractivity contribution in [2.24, 2.45) is 0 Å². The van der Waals surface area contributed by atoms with E-state index in [4.69, 9.17) is 23.2 Å². The highest BCUT2D eigenvalue weighted by Gasteiger charge is 2.25. The molecule has 2 rings (SSSR count). The van der Waals surface area contributed by atoms with Crippen LogP contribution in [0.25, 0.3) is 0 Å². The maximum atomic E-state index is 12.3. The molecule has 0 aromatic heterocycles. The SMILES string of the molecule is CN(C(=O)c1cc(Cl)ccc1Cl)C1CCNC1.Cl. The first-order valence-corrected chi connectivity index (χ1v) is 6.28. The number of carbonyl (C=O) groups is 1. The molecule has 18 heavy (non-hydrogen) atoms. The fourth-order valence-corrected chi connectivity index (χ4v) is 2.36. The van der Waals surface area contributed by atoms with Gasteiger partial charge in [0.05, 0.1) is 10.6 Å². The van der Waals surface area contributed by atoms with Crippen LogP contribution in [0.4, 0.5) is 0 Å². The van der Waals surface area contributed by atoms with Crippen LogP contribution in [0.3, 0.4) is 0 Å². The smallest absolute Gasteiger partial charge is 0.255 e. The first kappa shape index (κ1) is 15.6.